The summed E-state index contributed by atoms with van der Waals surface area (Å²) in [7, 11) is 0. The first kappa shape index (κ1) is 7.95. The highest BCUT2D eigenvalue weighted by atomic mass is 32.2. The van der Waals surface area contributed by atoms with Gasteiger partial charge in [-0.15, -0.1) is 11.8 Å². The lowest BCUT2D eigenvalue weighted by molar-refractivity contribution is 0.333. The second-order valence-corrected chi connectivity index (χ2v) is 3.70. The predicted octanol–water partition coefficient (Wildman–Crippen LogP) is 1.80. The Bertz CT molecular complexity index is 301. The van der Waals surface area contributed by atoms with Crippen molar-refractivity contribution in [2.75, 3.05) is 12.9 Å². The maximum Gasteiger partial charge on any atom is 0.125 e. The minimum Gasteiger partial charge on any atom is -0.491 e. The number of fused-ring (bicyclic) bond motifs is 1. The summed E-state index contributed by atoms with van der Waals surface area (Å²) in [5.41, 5.74) is 6.94. The number of rotatable bonds is 1. The van der Waals surface area contributed by atoms with E-state index in [1.165, 1.54) is 4.90 Å². The van der Waals surface area contributed by atoms with E-state index in [1.54, 1.807) is 11.8 Å². The normalized spacial score (nSPS) is 20.3. The molecule has 0 unspecified atom stereocenters. The first-order valence-corrected chi connectivity index (χ1v) is 5.10. The van der Waals surface area contributed by atoms with Gasteiger partial charge in [0.05, 0.1) is 6.04 Å². The molecule has 0 fully saturated rings. The predicted molar refractivity (Wildman–Crippen MR) is 50.6 cm³/mol. The SMILES string of the molecule is CSc1ccc2c(c1)OC[C@@H]2N. The standard InChI is InChI=1S/C9H11NOS/c1-12-6-2-3-7-8(10)5-11-9(7)4-6/h2-4,8H,5,10H2,1H3/t8-/m0/s1. The van der Waals surface area contributed by atoms with Gasteiger partial charge in [0.2, 0.25) is 0 Å². The smallest absolute Gasteiger partial charge is 0.125 e. The minimum absolute atomic E-state index is 0.0657. The van der Waals surface area contributed by atoms with Crippen molar-refractivity contribution in [3.05, 3.63) is 23.8 Å². The molecule has 1 aromatic rings. The molecule has 1 heterocycles. The van der Waals surface area contributed by atoms with E-state index in [0.29, 0.717) is 6.61 Å². The van der Waals surface area contributed by atoms with Crippen molar-refractivity contribution in [3.8, 4) is 5.75 Å². The van der Waals surface area contributed by atoms with Gasteiger partial charge < -0.3 is 10.5 Å². The van der Waals surface area contributed by atoms with E-state index in [-0.39, 0.29) is 6.04 Å². The van der Waals surface area contributed by atoms with Gasteiger partial charge in [0.1, 0.15) is 12.4 Å². The monoisotopic (exact) mass is 181 g/mol. The maximum atomic E-state index is 5.81. The van der Waals surface area contributed by atoms with Crippen LogP contribution in [-0.2, 0) is 0 Å². The maximum absolute atomic E-state index is 5.81. The summed E-state index contributed by atoms with van der Waals surface area (Å²) in [5.74, 6) is 0.953. The van der Waals surface area contributed by atoms with E-state index >= 15 is 0 Å². The summed E-state index contributed by atoms with van der Waals surface area (Å²) < 4.78 is 5.41. The molecule has 0 saturated carbocycles. The van der Waals surface area contributed by atoms with E-state index in [9.17, 15) is 0 Å². The lowest BCUT2D eigenvalue weighted by Crippen LogP contribution is -2.10. The topological polar surface area (TPSA) is 35.2 Å². The number of hydrogen-bond acceptors (Lipinski definition) is 3. The summed E-state index contributed by atoms with van der Waals surface area (Å²) in [5, 5.41) is 0. The molecule has 1 aliphatic rings. The molecular weight excluding hydrogens is 170 g/mol. The number of nitrogens with two attached hydrogens (primary N) is 1. The summed E-state index contributed by atoms with van der Waals surface area (Å²) in [6.07, 6.45) is 2.05. The van der Waals surface area contributed by atoms with Crippen molar-refractivity contribution in [1.29, 1.82) is 0 Å². The number of thioether (sulfide) groups is 1. The van der Waals surface area contributed by atoms with Crippen LogP contribution in [0.2, 0.25) is 0 Å². The Morgan fingerprint density at radius 2 is 2.42 bits per heavy atom. The molecule has 0 aromatic heterocycles. The molecule has 1 aliphatic heterocycles. The molecule has 2 N–H and O–H groups in total. The summed E-state index contributed by atoms with van der Waals surface area (Å²) in [6.45, 7) is 0.618. The molecule has 12 heavy (non-hydrogen) atoms. The first-order valence-electron chi connectivity index (χ1n) is 3.87. The molecule has 1 atom stereocenters. The molecule has 0 saturated heterocycles. The van der Waals surface area contributed by atoms with Crippen LogP contribution in [0.15, 0.2) is 23.1 Å². The minimum atomic E-state index is 0.0657. The van der Waals surface area contributed by atoms with Gasteiger partial charge in [-0.2, -0.15) is 0 Å². The molecule has 3 heteroatoms. The zero-order valence-corrected chi connectivity index (χ0v) is 7.73. The summed E-state index contributed by atoms with van der Waals surface area (Å²) >= 11 is 1.72. The lowest BCUT2D eigenvalue weighted by atomic mass is 10.1. The summed E-state index contributed by atoms with van der Waals surface area (Å²) in [6, 6.07) is 6.25. The van der Waals surface area contributed by atoms with Gasteiger partial charge in [0, 0.05) is 10.5 Å². The third-order valence-corrected chi connectivity index (χ3v) is 2.76. The Morgan fingerprint density at radius 3 is 3.17 bits per heavy atom. The van der Waals surface area contributed by atoms with Crippen molar-refractivity contribution < 1.29 is 4.74 Å². The molecule has 0 bridgehead atoms. The van der Waals surface area contributed by atoms with Crippen molar-refractivity contribution in [1.82, 2.24) is 0 Å². The van der Waals surface area contributed by atoms with Crippen LogP contribution in [0.1, 0.15) is 11.6 Å². The van der Waals surface area contributed by atoms with Crippen LogP contribution in [0.25, 0.3) is 0 Å². The van der Waals surface area contributed by atoms with E-state index < -0.39 is 0 Å². The highest BCUT2D eigenvalue weighted by molar-refractivity contribution is 7.98. The van der Waals surface area contributed by atoms with Crippen molar-refractivity contribution >= 4 is 11.8 Å². The van der Waals surface area contributed by atoms with Crippen LogP contribution >= 0.6 is 11.8 Å². The molecule has 0 amide bonds. The van der Waals surface area contributed by atoms with E-state index in [2.05, 4.69) is 18.4 Å². The molecule has 2 rings (SSSR count). The molecule has 64 valence electrons. The first-order chi connectivity index (χ1) is 5.81. The van der Waals surface area contributed by atoms with Crippen LogP contribution in [-0.4, -0.2) is 12.9 Å². The zero-order valence-electron chi connectivity index (χ0n) is 6.91. The zero-order chi connectivity index (χ0) is 8.55. The fourth-order valence-corrected chi connectivity index (χ4v) is 1.77. The Kier molecular flexibility index (Phi) is 1.98. The van der Waals surface area contributed by atoms with Gasteiger partial charge >= 0.3 is 0 Å². The number of benzene rings is 1. The second kappa shape index (κ2) is 2.99. The molecule has 0 spiro atoms. The van der Waals surface area contributed by atoms with Gasteiger partial charge in [-0.1, -0.05) is 6.07 Å². The Morgan fingerprint density at radius 1 is 1.58 bits per heavy atom. The van der Waals surface area contributed by atoms with Crippen LogP contribution in [0.3, 0.4) is 0 Å². The van der Waals surface area contributed by atoms with Crippen molar-refractivity contribution in [2.24, 2.45) is 5.73 Å². The van der Waals surface area contributed by atoms with Gasteiger partial charge in [0.15, 0.2) is 0 Å². The quantitative estimate of drug-likeness (QED) is 0.671. The van der Waals surface area contributed by atoms with Gasteiger partial charge in [-0.25, -0.2) is 0 Å². The number of ether oxygens (including phenoxy) is 1. The van der Waals surface area contributed by atoms with Crippen molar-refractivity contribution in [2.45, 2.75) is 10.9 Å². The largest absolute Gasteiger partial charge is 0.491 e. The second-order valence-electron chi connectivity index (χ2n) is 2.82. The van der Waals surface area contributed by atoms with Gasteiger partial charge in [-0.05, 0) is 18.4 Å². The third kappa shape index (κ3) is 1.19. The molecule has 2 nitrogen and oxygen atoms in total. The third-order valence-electron chi connectivity index (χ3n) is 2.04. The van der Waals surface area contributed by atoms with Crippen LogP contribution < -0.4 is 10.5 Å². The molecule has 0 aliphatic carbocycles. The number of hydrogen-bond donors (Lipinski definition) is 1. The lowest BCUT2D eigenvalue weighted by Gasteiger charge is -2.01. The fourth-order valence-electron chi connectivity index (χ4n) is 1.34. The molecule has 1 aromatic carbocycles. The fraction of sp³-hybridized carbons (Fsp3) is 0.333. The molecule has 0 radical (unpaired) electrons. The average Bonchev–Trinajstić information content (AvgIpc) is 2.47. The Labute approximate surface area is 76.1 Å². The Balaban J connectivity index is 2.41. The van der Waals surface area contributed by atoms with E-state index in [0.717, 1.165) is 11.3 Å². The Hall–Kier alpha value is -0.670. The average molecular weight is 181 g/mol. The van der Waals surface area contributed by atoms with Crippen LogP contribution in [0, 0.1) is 0 Å². The highest BCUT2D eigenvalue weighted by Gasteiger charge is 2.19. The summed E-state index contributed by atoms with van der Waals surface area (Å²) in [4.78, 5) is 1.22. The van der Waals surface area contributed by atoms with Gasteiger partial charge in [-0.3, -0.25) is 0 Å². The van der Waals surface area contributed by atoms with E-state index in [4.69, 9.17) is 10.5 Å². The highest BCUT2D eigenvalue weighted by Crippen LogP contribution is 2.33. The van der Waals surface area contributed by atoms with Crippen LogP contribution in [0.4, 0.5) is 0 Å². The van der Waals surface area contributed by atoms with Crippen molar-refractivity contribution in [3.63, 3.8) is 0 Å². The van der Waals surface area contributed by atoms with Gasteiger partial charge in [0.25, 0.3) is 0 Å². The molecular formula is C9H11NOS. The van der Waals surface area contributed by atoms with Crippen LogP contribution in [0.5, 0.6) is 5.75 Å². The van der Waals surface area contributed by atoms with E-state index in [1.807, 2.05) is 6.07 Å².